The van der Waals surface area contributed by atoms with Crippen LogP contribution in [0.2, 0.25) is 0 Å². The van der Waals surface area contributed by atoms with E-state index in [0.29, 0.717) is 22.8 Å². The van der Waals surface area contributed by atoms with Gasteiger partial charge in [-0.25, -0.2) is 4.79 Å². The van der Waals surface area contributed by atoms with E-state index in [1.54, 1.807) is 10.7 Å². The Morgan fingerprint density at radius 3 is 2.81 bits per heavy atom. The molecule has 0 radical (unpaired) electrons. The average Bonchev–Trinajstić information content (AvgIpc) is 2.89. The number of rotatable bonds is 5. The van der Waals surface area contributed by atoms with Crippen molar-refractivity contribution >= 4 is 16.9 Å². The van der Waals surface area contributed by atoms with Gasteiger partial charge in [0.05, 0.1) is 12.3 Å². The van der Waals surface area contributed by atoms with E-state index in [2.05, 4.69) is 14.8 Å². The first-order valence-corrected chi connectivity index (χ1v) is 7.78. The largest absolute Gasteiger partial charge is 0.401 e. The van der Waals surface area contributed by atoms with Crippen LogP contribution in [0, 0.1) is 0 Å². The molecule has 21 heavy (non-hydrogen) atoms. The van der Waals surface area contributed by atoms with Gasteiger partial charge in [-0.2, -0.15) is 5.10 Å². The van der Waals surface area contributed by atoms with E-state index in [-0.39, 0.29) is 12.6 Å². The number of carbonyl (C=O) groups excluding carboxylic acids is 1. The fourth-order valence-corrected chi connectivity index (χ4v) is 2.25. The molecule has 2 amide bonds. The van der Waals surface area contributed by atoms with Crippen molar-refractivity contribution in [2.75, 3.05) is 0 Å². The molecule has 6 N–H and O–H groups in total. The third kappa shape index (κ3) is 4.96. The van der Waals surface area contributed by atoms with Crippen molar-refractivity contribution in [3.63, 3.8) is 0 Å². The number of urea groups is 1. The van der Waals surface area contributed by atoms with Crippen molar-refractivity contribution in [3.05, 3.63) is 23.7 Å². The van der Waals surface area contributed by atoms with Crippen molar-refractivity contribution in [1.82, 2.24) is 15.1 Å². The van der Waals surface area contributed by atoms with Gasteiger partial charge in [0, 0.05) is 28.8 Å². The number of aromatic nitrogens is 2. The lowest BCUT2D eigenvalue weighted by Crippen LogP contribution is -2.18. The molecule has 0 aromatic carbocycles. The molecule has 0 saturated carbocycles. The van der Waals surface area contributed by atoms with E-state index >= 15 is 0 Å². The zero-order chi connectivity index (χ0) is 16.0. The van der Waals surface area contributed by atoms with Crippen molar-refractivity contribution in [2.24, 2.45) is 15.2 Å². The number of amides is 2. The first-order valence-electron chi connectivity index (χ1n) is 6.53. The molecule has 1 unspecified atom stereocenters. The highest BCUT2D eigenvalue weighted by Crippen LogP contribution is 2.13. The van der Waals surface area contributed by atoms with E-state index in [9.17, 15) is 9.90 Å². The van der Waals surface area contributed by atoms with Crippen LogP contribution in [0.15, 0.2) is 27.4 Å². The fraction of sp³-hybridized carbons (Fsp3) is 0.500. The van der Waals surface area contributed by atoms with Crippen molar-refractivity contribution in [2.45, 2.75) is 44.9 Å². The van der Waals surface area contributed by atoms with E-state index in [0.717, 1.165) is 0 Å². The lowest BCUT2D eigenvalue weighted by Gasteiger charge is -2.08. The highest BCUT2D eigenvalue weighted by molar-refractivity contribution is 7.85. The van der Waals surface area contributed by atoms with E-state index in [4.69, 9.17) is 10.9 Å². The summed E-state index contributed by atoms with van der Waals surface area (Å²) in [4.78, 5) is 11.6. The minimum atomic E-state index is -1.19. The summed E-state index contributed by atoms with van der Waals surface area (Å²) in [6.45, 7) is 5.60. The average molecular weight is 314 g/mol. The quantitative estimate of drug-likeness (QED) is 0.641. The van der Waals surface area contributed by atoms with Crippen LogP contribution in [0.1, 0.15) is 38.9 Å². The van der Waals surface area contributed by atoms with Crippen LogP contribution >= 0.6 is 0 Å². The summed E-state index contributed by atoms with van der Waals surface area (Å²) < 4.78 is 5.46. The van der Waals surface area contributed by atoms with E-state index in [1.807, 2.05) is 20.8 Å². The van der Waals surface area contributed by atoms with Gasteiger partial charge in [0.1, 0.15) is 5.03 Å². The smallest absolute Gasteiger partial charge is 0.352 e. The summed E-state index contributed by atoms with van der Waals surface area (Å²) in [7, 11) is -1.19. The van der Waals surface area contributed by atoms with Crippen LogP contribution in [0.5, 0.6) is 0 Å². The number of hydrogen-bond acceptors (Lipinski definition) is 4. The Bertz CT molecular complexity index is 564. The Labute approximate surface area is 126 Å². The minimum absolute atomic E-state index is 0.0824. The second-order valence-corrected chi connectivity index (χ2v) is 5.83. The molecule has 8 nitrogen and oxygen atoms in total. The minimum Gasteiger partial charge on any atom is -0.401 e. The fourth-order valence-electron chi connectivity index (χ4n) is 1.49. The third-order valence-electron chi connectivity index (χ3n) is 2.63. The van der Waals surface area contributed by atoms with Crippen molar-refractivity contribution in [3.8, 4) is 0 Å². The highest BCUT2D eigenvalue weighted by atomic mass is 32.2. The summed E-state index contributed by atoms with van der Waals surface area (Å²) in [5.74, 6) is 0. The molecule has 1 heterocycles. The lowest BCUT2D eigenvalue weighted by atomic mass is 10.3. The van der Waals surface area contributed by atoms with E-state index < -0.39 is 16.9 Å². The molecule has 9 heteroatoms. The molecule has 0 aliphatic rings. The number of nitrogens with zero attached hydrogens (tertiary/aromatic N) is 3. The molecule has 0 spiro atoms. The monoisotopic (exact) mass is 314 g/mol. The summed E-state index contributed by atoms with van der Waals surface area (Å²) in [5, 5.41) is 22.3. The van der Waals surface area contributed by atoms with Gasteiger partial charge in [-0.15, -0.1) is 4.36 Å². The maximum absolute atomic E-state index is 11.6. The summed E-state index contributed by atoms with van der Waals surface area (Å²) >= 11 is 0. The number of aliphatic hydroxyl groups excluding tert-OH is 1. The van der Waals surface area contributed by atoms with Gasteiger partial charge in [0.25, 0.3) is 0 Å². The Hall–Kier alpha value is -1.71. The Morgan fingerprint density at radius 1 is 1.67 bits per heavy atom. The van der Waals surface area contributed by atoms with Gasteiger partial charge in [-0.05, 0) is 26.3 Å². The number of nitrogens with one attached hydrogen (secondary N) is 1. The predicted molar refractivity (Wildman–Crippen MR) is 81.9 cm³/mol. The van der Waals surface area contributed by atoms with Gasteiger partial charge in [-0.1, -0.05) is 6.92 Å². The first kappa shape index (κ1) is 17.3. The predicted octanol–water partition coefficient (Wildman–Crippen LogP) is 0.910. The number of hydrogen-bond donors (Lipinski definition) is 4. The Morgan fingerprint density at radius 2 is 2.33 bits per heavy atom. The van der Waals surface area contributed by atoms with E-state index in [1.165, 1.54) is 6.20 Å². The Balaban J connectivity index is 2.90. The topological polar surface area (TPSA) is 132 Å². The number of allylic oxidation sites excluding steroid dienone is 1. The number of carbonyl (C=O) groups is 1. The number of nitrogens with two attached hydrogens (primary N) is 2. The molecule has 0 aliphatic heterocycles. The standard InChI is InChI=1S/C12H22N6O2S/c1-4-9(13)6-15-12(20)17-21(14)11-5-10(7-19)18(16-11)8(2)3/h5-6,8,19H,4,7,13H2,1-3H3,(H3,14,15,17,20)/b9-6+. The summed E-state index contributed by atoms with van der Waals surface area (Å²) in [6, 6.07) is 1.15. The van der Waals surface area contributed by atoms with Gasteiger partial charge < -0.3 is 16.2 Å². The molecular weight excluding hydrogens is 292 g/mol. The second kappa shape index (κ2) is 7.91. The molecule has 1 aromatic heterocycles. The third-order valence-corrected chi connectivity index (χ3v) is 3.62. The second-order valence-electron chi connectivity index (χ2n) is 4.60. The Kier molecular flexibility index (Phi) is 6.53. The zero-order valence-electron chi connectivity index (χ0n) is 12.4. The molecule has 0 bridgehead atoms. The van der Waals surface area contributed by atoms with Crippen LogP contribution in [-0.2, 0) is 17.5 Å². The summed E-state index contributed by atoms with van der Waals surface area (Å²) in [5.41, 5.74) is 6.75. The summed E-state index contributed by atoms with van der Waals surface area (Å²) in [6.07, 6.45) is 2.03. The molecule has 0 aliphatic carbocycles. The molecular formula is C12H22N6O2S. The molecule has 0 fully saturated rings. The van der Waals surface area contributed by atoms with Crippen molar-refractivity contribution in [1.29, 1.82) is 0 Å². The van der Waals surface area contributed by atoms with Crippen molar-refractivity contribution < 1.29 is 9.90 Å². The highest BCUT2D eigenvalue weighted by Gasteiger charge is 2.12. The van der Waals surface area contributed by atoms with Crippen LogP contribution in [0.25, 0.3) is 0 Å². The van der Waals surface area contributed by atoms with Gasteiger partial charge in [0.15, 0.2) is 0 Å². The SMILES string of the molecule is CC/C(N)=C\NC(=O)N=S(N)c1cc(CO)n(C(C)C)n1. The maximum Gasteiger partial charge on any atom is 0.352 e. The van der Waals surface area contributed by atoms with Gasteiger partial charge in [0.2, 0.25) is 0 Å². The van der Waals surface area contributed by atoms with Crippen LogP contribution in [0.3, 0.4) is 0 Å². The number of aliphatic hydroxyl groups is 1. The van der Waals surface area contributed by atoms with Crippen LogP contribution < -0.4 is 16.2 Å². The van der Waals surface area contributed by atoms with Gasteiger partial charge in [-0.3, -0.25) is 9.82 Å². The lowest BCUT2D eigenvalue weighted by molar-refractivity contribution is 0.252. The zero-order valence-corrected chi connectivity index (χ0v) is 13.2. The molecule has 118 valence electrons. The molecule has 0 saturated heterocycles. The van der Waals surface area contributed by atoms with Crippen LogP contribution in [-0.4, -0.2) is 20.9 Å². The molecule has 1 aromatic rings. The molecule has 1 rings (SSSR count). The van der Waals surface area contributed by atoms with Crippen LogP contribution in [0.4, 0.5) is 4.79 Å². The normalized spacial score (nSPS) is 13.7. The van der Waals surface area contributed by atoms with Gasteiger partial charge >= 0.3 is 6.03 Å². The first-order chi connectivity index (χ1) is 9.88. The molecule has 1 atom stereocenters. The maximum atomic E-state index is 11.6.